The number of nitrogens with zero attached hydrogens (tertiary/aromatic N) is 2. The van der Waals surface area contributed by atoms with Crippen molar-refractivity contribution >= 4 is 17.5 Å². The maximum atomic E-state index is 12.3. The molecule has 1 amide bonds. The van der Waals surface area contributed by atoms with E-state index in [9.17, 15) is 4.79 Å². The summed E-state index contributed by atoms with van der Waals surface area (Å²) in [6, 6.07) is 6.95. The fraction of sp³-hybridized carbons (Fsp3) is 0.400. The second-order valence-corrected chi connectivity index (χ2v) is 5.62. The van der Waals surface area contributed by atoms with E-state index >= 15 is 0 Å². The van der Waals surface area contributed by atoms with Crippen LogP contribution in [0.4, 0.5) is 0 Å². The third-order valence-corrected chi connectivity index (χ3v) is 3.15. The summed E-state index contributed by atoms with van der Waals surface area (Å²) in [5.74, 6) is 1.19. The summed E-state index contributed by atoms with van der Waals surface area (Å²) >= 11 is 5.92. The number of hydrogen-bond acceptors (Lipinski definition) is 5. The molecule has 2 aromatic rings. The number of nitrogens with one attached hydrogen (secondary N) is 1. The molecule has 0 aliphatic carbocycles. The Bertz CT molecular complexity index is 642. The van der Waals surface area contributed by atoms with Crippen molar-refractivity contribution < 1.29 is 14.1 Å². The molecule has 7 heteroatoms. The van der Waals surface area contributed by atoms with Gasteiger partial charge >= 0.3 is 0 Å². The van der Waals surface area contributed by atoms with E-state index in [0.717, 1.165) is 0 Å². The number of carbonyl (C=O) groups excluding carboxylic acids is 1. The Morgan fingerprint density at radius 2 is 2.23 bits per heavy atom. The van der Waals surface area contributed by atoms with Crippen LogP contribution in [0.25, 0.3) is 0 Å². The lowest BCUT2D eigenvalue weighted by atomic mass is 10.1. The van der Waals surface area contributed by atoms with Crippen LogP contribution in [0, 0.1) is 12.8 Å². The maximum absolute atomic E-state index is 12.3. The van der Waals surface area contributed by atoms with Gasteiger partial charge in [-0.2, -0.15) is 4.98 Å². The van der Waals surface area contributed by atoms with Gasteiger partial charge in [-0.15, -0.1) is 0 Å². The first-order valence-corrected chi connectivity index (χ1v) is 7.32. The van der Waals surface area contributed by atoms with Gasteiger partial charge in [-0.05, 0) is 24.1 Å². The van der Waals surface area contributed by atoms with Gasteiger partial charge in [0.25, 0.3) is 5.91 Å². The van der Waals surface area contributed by atoms with E-state index in [1.807, 2.05) is 13.8 Å². The summed E-state index contributed by atoms with van der Waals surface area (Å²) < 4.78 is 10.6. The van der Waals surface area contributed by atoms with Crippen LogP contribution in [-0.2, 0) is 11.3 Å². The van der Waals surface area contributed by atoms with Gasteiger partial charge < -0.3 is 14.6 Å². The second kappa shape index (κ2) is 7.26. The minimum Gasteiger partial charge on any atom is -0.480 e. The Kier molecular flexibility index (Phi) is 5.38. The van der Waals surface area contributed by atoms with Crippen LogP contribution in [0.2, 0.25) is 5.02 Å². The molecular weight excluding hydrogens is 306 g/mol. The highest BCUT2D eigenvalue weighted by atomic mass is 35.5. The molecule has 0 radical (unpaired) electrons. The van der Waals surface area contributed by atoms with Crippen molar-refractivity contribution in [2.75, 3.05) is 0 Å². The van der Waals surface area contributed by atoms with E-state index in [4.69, 9.17) is 20.9 Å². The summed E-state index contributed by atoms with van der Waals surface area (Å²) in [7, 11) is 0. The van der Waals surface area contributed by atoms with Gasteiger partial charge in [0.1, 0.15) is 5.75 Å². The SMILES string of the molecule is Cc1nc(CNC(=O)[C@H](Oc2cccc(Cl)c2)C(C)C)no1. The van der Waals surface area contributed by atoms with E-state index in [1.54, 1.807) is 31.2 Å². The molecule has 2 rings (SSSR count). The molecular formula is C15H18ClN3O3. The van der Waals surface area contributed by atoms with Gasteiger partial charge in [0.2, 0.25) is 5.89 Å². The highest BCUT2D eigenvalue weighted by molar-refractivity contribution is 6.30. The smallest absolute Gasteiger partial charge is 0.261 e. The number of amides is 1. The Morgan fingerprint density at radius 3 is 2.82 bits per heavy atom. The van der Waals surface area contributed by atoms with Crippen molar-refractivity contribution in [1.29, 1.82) is 0 Å². The zero-order valence-electron chi connectivity index (χ0n) is 12.7. The van der Waals surface area contributed by atoms with Crippen molar-refractivity contribution in [3.63, 3.8) is 0 Å². The van der Waals surface area contributed by atoms with Gasteiger partial charge in [0.05, 0.1) is 6.54 Å². The van der Waals surface area contributed by atoms with Crippen LogP contribution in [0.3, 0.4) is 0 Å². The number of aryl methyl sites for hydroxylation is 1. The van der Waals surface area contributed by atoms with Gasteiger partial charge in [0.15, 0.2) is 11.9 Å². The number of ether oxygens (including phenoxy) is 1. The third kappa shape index (κ3) is 4.46. The van der Waals surface area contributed by atoms with Gasteiger partial charge in [-0.1, -0.05) is 36.7 Å². The Balaban J connectivity index is 1.99. The lowest BCUT2D eigenvalue weighted by molar-refractivity contribution is -0.130. The highest BCUT2D eigenvalue weighted by Gasteiger charge is 2.24. The first kappa shape index (κ1) is 16.3. The molecule has 1 heterocycles. The Morgan fingerprint density at radius 1 is 1.45 bits per heavy atom. The number of rotatable bonds is 6. The Labute approximate surface area is 133 Å². The van der Waals surface area contributed by atoms with Crippen molar-refractivity contribution in [3.8, 4) is 5.75 Å². The predicted octanol–water partition coefficient (Wildman–Crippen LogP) is 2.75. The van der Waals surface area contributed by atoms with E-state index in [1.165, 1.54) is 0 Å². The summed E-state index contributed by atoms with van der Waals surface area (Å²) in [5.41, 5.74) is 0. The zero-order valence-corrected chi connectivity index (χ0v) is 13.4. The predicted molar refractivity (Wildman–Crippen MR) is 81.6 cm³/mol. The van der Waals surface area contributed by atoms with Crippen molar-refractivity contribution in [1.82, 2.24) is 15.5 Å². The molecule has 0 unspecified atom stereocenters. The molecule has 22 heavy (non-hydrogen) atoms. The number of hydrogen-bond donors (Lipinski definition) is 1. The van der Waals surface area contributed by atoms with Crippen LogP contribution in [0.5, 0.6) is 5.75 Å². The highest BCUT2D eigenvalue weighted by Crippen LogP contribution is 2.20. The number of halogens is 1. The lowest BCUT2D eigenvalue weighted by Crippen LogP contribution is -2.41. The second-order valence-electron chi connectivity index (χ2n) is 5.19. The van der Waals surface area contributed by atoms with E-state index in [-0.39, 0.29) is 18.4 Å². The molecule has 0 fully saturated rings. The fourth-order valence-electron chi connectivity index (χ4n) is 1.86. The van der Waals surface area contributed by atoms with Crippen LogP contribution >= 0.6 is 11.6 Å². The van der Waals surface area contributed by atoms with Gasteiger partial charge in [-0.25, -0.2) is 0 Å². The monoisotopic (exact) mass is 323 g/mol. The topological polar surface area (TPSA) is 77.2 Å². The molecule has 0 spiro atoms. The number of carbonyl (C=O) groups is 1. The molecule has 0 aliphatic rings. The number of aromatic nitrogens is 2. The molecule has 0 bridgehead atoms. The summed E-state index contributed by atoms with van der Waals surface area (Å²) in [4.78, 5) is 16.3. The molecule has 0 saturated heterocycles. The summed E-state index contributed by atoms with van der Waals surface area (Å²) in [5, 5.41) is 7.03. The summed E-state index contributed by atoms with van der Waals surface area (Å²) in [6.07, 6.45) is -0.633. The van der Waals surface area contributed by atoms with Crippen molar-refractivity contribution in [2.45, 2.75) is 33.4 Å². The molecule has 1 aromatic carbocycles. The van der Waals surface area contributed by atoms with Gasteiger partial charge in [0, 0.05) is 11.9 Å². The molecule has 1 atom stereocenters. The Hall–Kier alpha value is -2.08. The van der Waals surface area contributed by atoms with E-state index < -0.39 is 6.10 Å². The quantitative estimate of drug-likeness (QED) is 0.884. The molecule has 1 N–H and O–H groups in total. The molecule has 6 nitrogen and oxygen atoms in total. The molecule has 118 valence electrons. The first-order valence-electron chi connectivity index (χ1n) is 6.95. The minimum absolute atomic E-state index is 0.00835. The van der Waals surface area contributed by atoms with Crippen LogP contribution in [-0.4, -0.2) is 22.2 Å². The average molecular weight is 324 g/mol. The number of benzene rings is 1. The van der Waals surface area contributed by atoms with E-state index in [0.29, 0.717) is 22.5 Å². The molecule has 1 aromatic heterocycles. The average Bonchev–Trinajstić information content (AvgIpc) is 2.88. The van der Waals surface area contributed by atoms with Crippen LogP contribution in [0.15, 0.2) is 28.8 Å². The van der Waals surface area contributed by atoms with Crippen molar-refractivity contribution in [3.05, 3.63) is 41.0 Å². The first-order chi connectivity index (χ1) is 10.5. The largest absolute Gasteiger partial charge is 0.480 e. The molecule has 0 saturated carbocycles. The van der Waals surface area contributed by atoms with Gasteiger partial charge in [-0.3, -0.25) is 4.79 Å². The van der Waals surface area contributed by atoms with Crippen molar-refractivity contribution in [2.24, 2.45) is 5.92 Å². The lowest BCUT2D eigenvalue weighted by Gasteiger charge is -2.21. The van der Waals surface area contributed by atoms with E-state index in [2.05, 4.69) is 15.5 Å². The maximum Gasteiger partial charge on any atom is 0.261 e. The summed E-state index contributed by atoms with van der Waals surface area (Å²) in [6.45, 7) is 5.70. The minimum atomic E-state index is -0.633. The standard InChI is InChI=1S/C15H18ClN3O3/c1-9(2)14(21-12-6-4-5-11(16)7-12)15(20)17-8-13-18-10(3)22-19-13/h4-7,9,14H,8H2,1-3H3,(H,17,20)/t14-/m1/s1. The zero-order chi connectivity index (χ0) is 16.1. The van der Waals surface area contributed by atoms with Crippen LogP contribution in [0.1, 0.15) is 25.6 Å². The normalized spacial score (nSPS) is 12.2. The third-order valence-electron chi connectivity index (χ3n) is 2.91. The van der Waals surface area contributed by atoms with Crippen LogP contribution < -0.4 is 10.1 Å². The molecule has 0 aliphatic heterocycles. The fourth-order valence-corrected chi connectivity index (χ4v) is 2.04.